The summed E-state index contributed by atoms with van der Waals surface area (Å²) in [5, 5.41) is 13.2. The zero-order valence-electron chi connectivity index (χ0n) is 13.6. The van der Waals surface area contributed by atoms with Crippen molar-refractivity contribution in [1.29, 1.82) is 0 Å². The number of benzene rings is 1. The molecule has 122 valence electrons. The summed E-state index contributed by atoms with van der Waals surface area (Å²) in [5.41, 5.74) is 1.62. The SMILES string of the molecule is CCC(=O)Nc1ccc(C(O)CN2CC(C)OC(C)C2)cc1. The first-order chi connectivity index (χ1) is 10.5. The molecule has 1 aliphatic rings. The summed E-state index contributed by atoms with van der Waals surface area (Å²) >= 11 is 0. The Bertz CT molecular complexity index is 479. The summed E-state index contributed by atoms with van der Waals surface area (Å²) in [6.45, 7) is 8.20. The number of hydrogen-bond acceptors (Lipinski definition) is 4. The number of aliphatic hydroxyl groups excluding tert-OH is 1. The van der Waals surface area contributed by atoms with E-state index < -0.39 is 6.10 Å². The Labute approximate surface area is 132 Å². The van der Waals surface area contributed by atoms with Crippen molar-refractivity contribution in [1.82, 2.24) is 4.90 Å². The standard InChI is InChI=1S/C17H26N2O3/c1-4-17(21)18-15-7-5-14(6-8-15)16(20)11-19-9-12(2)22-13(3)10-19/h5-8,12-13,16,20H,4,9-11H2,1-3H3,(H,18,21). The van der Waals surface area contributed by atoms with Gasteiger partial charge < -0.3 is 15.2 Å². The molecule has 0 aliphatic carbocycles. The van der Waals surface area contributed by atoms with E-state index in [1.165, 1.54) is 0 Å². The lowest BCUT2D eigenvalue weighted by molar-refractivity contribution is -0.115. The van der Waals surface area contributed by atoms with Gasteiger partial charge in [-0.1, -0.05) is 19.1 Å². The van der Waals surface area contributed by atoms with Crippen molar-refractivity contribution in [2.45, 2.75) is 45.5 Å². The summed E-state index contributed by atoms with van der Waals surface area (Å²) < 4.78 is 5.70. The topological polar surface area (TPSA) is 61.8 Å². The number of morpholine rings is 1. The minimum atomic E-state index is -0.534. The third-order valence-corrected chi connectivity index (χ3v) is 3.83. The van der Waals surface area contributed by atoms with Crippen LogP contribution in [0.25, 0.3) is 0 Å². The lowest BCUT2D eigenvalue weighted by Crippen LogP contribution is -2.46. The zero-order chi connectivity index (χ0) is 16.1. The average molecular weight is 306 g/mol. The number of amides is 1. The summed E-state index contributed by atoms with van der Waals surface area (Å²) in [4.78, 5) is 13.6. The van der Waals surface area contributed by atoms with Gasteiger partial charge in [0.15, 0.2) is 0 Å². The summed E-state index contributed by atoms with van der Waals surface area (Å²) in [6, 6.07) is 7.39. The minimum absolute atomic E-state index is 0.00964. The van der Waals surface area contributed by atoms with Gasteiger partial charge in [0.1, 0.15) is 0 Å². The summed E-state index contributed by atoms with van der Waals surface area (Å²) in [5.74, 6) is -0.00964. The van der Waals surface area contributed by atoms with E-state index >= 15 is 0 Å². The Kier molecular flexibility index (Phi) is 5.94. The van der Waals surface area contributed by atoms with Gasteiger partial charge in [0.2, 0.25) is 5.91 Å². The number of carbonyl (C=O) groups excluding carboxylic acids is 1. The molecule has 0 spiro atoms. The second-order valence-corrected chi connectivity index (χ2v) is 6.02. The highest BCUT2D eigenvalue weighted by Crippen LogP contribution is 2.20. The Morgan fingerprint density at radius 3 is 2.45 bits per heavy atom. The minimum Gasteiger partial charge on any atom is -0.387 e. The molecule has 1 heterocycles. The van der Waals surface area contributed by atoms with Crippen LogP contribution in [-0.4, -0.2) is 47.8 Å². The third-order valence-electron chi connectivity index (χ3n) is 3.83. The lowest BCUT2D eigenvalue weighted by Gasteiger charge is -2.36. The van der Waals surface area contributed by atoms with E-state index in [1.807, 2.05) is 31.2 Å². The van der Waals surface area contributed by atoms with Crippen LogP contribution in [-0.2, 0) is 9.53 Å². The lowest BCUT2D eigenvalue weighted by atomic mass is 10.1. The predicted molar refractivity (Wildman–Crippen MR) is 86.8 cm³/mol. The maximum Gasteiger partial charge on any atom is 0.224 e. The fourth-order valence-corrected chi connectivity index (χ4v) is 2.82. The Hall–Kier alpha value is -1.43. The maximum atomic E-state index is 11.3. The van der Waals surface area contributed by atoms with E-state index in [-0.39, 0.29) is 18.1 Å². The van der Waals surface area contributed by atoms with E-state index in [2.05, 4.69) is 24.1 Å². The van der Waals surface area contributed by atoms with Crippen molar-refractivity contribution in [3.05, 3.63) is 29.8 Å². The van der Waals surface area contributed by atoms with Gasteiger partial charge in [0.05, 0.1) is 18.3 Å². The fraction of sp³-hybridized carbons (Fsp3) is 0.588. The molecule has 2 rings (SSSR count). The van der Waals surface area contributed by atoms with Gasteiger partial charge in [-0.3, -0.25) is 9.69 Å². The second kappa shape index (κ2) is 7.72. The highest BCUT2D eigenvalue weighted by atomic mass is 16.5. The largest absolute Gasteiger partial charge is 0.387 e. The van der Waals surface area contributed by atoms with Crippen molar-refractivity contribution < 1.29 is 14.6 Å². The van der Waals surface area contributed by atoms with Crippen LogP contribution in [0.1, 0.15) is 38.9 Å². The van der Waals surface area contributed by atoms with Crippen molar-refractivity contribution in [2.75, 3.05) is 25.0 Å². The number of hydrogen-bond donors (Lipinski definition) is 2. The average Bonchev–Trinajstić information content (AvgIpc) is 2.46. The molecule has 22 heavy (non-hydrogen) atoms. The maximum absolute atomic E-state index is 11.3. The summed E-state index contributed by atoms with van der Waals surface area (Å²) in [6.07, 6.45) is 0.316. The third kappa shape index (κ3) is 4.80. The molecule has 5 heteroatoms. The first kappa shape index (κ1) is 16.9. The van der Waals surface area contributed by atoms with E-state index in [9.17, 15) is 9.90 Å². The molecule has 0 saturated carbocycles. The number of carbonyl (C=O) groups is 1. The van der Waals surface area contributed by atoms with Gasteiger partial charge in [-0.2, -0.15) is 0 Å². The van der Waals surface area contributed by atoms with Crippen LogP contribution < -0.4 is 5.32 Å². The number of nitrogens with zero attached hydrogens (tertiary/aromatic N) is 1. The van der Waals surface area contributed by atoms with Crippen molar-refractivity contribution in [3.63, 3.8) is 0 Å². The van der Waals surface area contributed by atoms with E-state index in [0.29, 0.717) is 13.0 Å². The van der Waals surface area contributed by atoms with Gasteiger partial charge in [-0.05, 0) is 31.5 Å². The first-order valence-corrected chi connectivity index (χ1v) is 7.93. The molecule has 0 aromatic heterocycles. The van der Waals surface area contributed by atoms with Crippen LogP contribution >= 0.6 is 0 Å². The Balaban J connectivity index is 1.92. The van der Waals surface area contributed by atoms with Gasteiger partial charge in [0.25, 0.3) is 0 Å². The normalized spacial score (nSPS) is 24.0. The van der Waals surface area contributed by atoms with Crippen molar-refractivity contribution in [2.24, 2.45) is 0 Å². The Morgan fingerprint density at radius 1 is 1.32 bits per heavy atom. The van der Waals surface area contributed by atoms with Gasteiger partial charge in [-0.25, -0.2) is 0 Å². The molecular formula is C17H26N2O3. The zero-order valence-corrected chi connectivity index (χ0v) is 13.6. The van der Waals surface area contributed by atoms with Crippen LogP contribution in [0.4, 0.5) is 5.69 Å². The van der Waals surface area contributed by atoms with Crippen LogP contribution in [0.3, 0.4) is 0 Å². The molecule has 1 fully saturated rings. The number of ether oxygens (including phenoxy) is 1. The molecule has 1 aromatic rings. The smallest absolute Gasteiger partial charge is 0.224 e. The van der Waals surface area contributed by atoms with Crippen LogP contribution in [0, 0.1) is 0 Å². The highest BCUT2D eigenvalue weighted by Gasteiger charge is 2.24. The molecule has 3 atom stereocenters. The Morgan fingerprint density at radius 2 is 1.91 bits per heavy atom. The van der Waals surface area contributed by atoms with E-state index in [1.54, 1.807) is 0 Å². The fourth-order valence-electron chi connectivity index (χ4n) is 2.82. The van der Waals surface area contributed by atoms with Crippen molar-refractivity contribution in [3.8, 4) is 0 Å². The van der Waals surface area contributed by atoms with Crippen LogP contribution in [0.15, 0.2) is 24.3 Å². The number of aliphatic hydroxyl groups is 1. The summed E-state index contributed by atoms with van der Waals surface area (Å²) in [7, 11) is 0. The van der Waals surface area contributed by atoms with Crippen LogP contribution in [0.5, 0.6) is 0 Å². The number of rotatable bonds is 5. The second-order valence-electron chi connectivity index (χ2n) is 6.02. The molecule has 1 amide bonds. The van der Waals surface area contributed by atoms with Gasteiger partial charge in [0, 0.05) is 31.7 Å². The van der Waals surface area contributed by atoms with Gasteiger partial charge >= 0.3 is 0 Å². The molecule has 2 N–H and O–H groups in total. The molecule has 3 unspecified atom stereocenters. The van der Waals surface area contributed by atoms with Crippen molar-refractivity contribution >= 4 is 11.6 Å². The molecule has 5 nitrogen and oxygen atoms in total. The predicted octanol–water partition coefficient (Wildman–Crippen LogP) is 2.18. The number of nitrogens with one attached hydrogen (secondary N) is 1. The monoisotopic (exact) mass is 306 g/mol. The molecule has 1 aromatic carbocycles. The highest BCUT2D eigenvalue weighted by molar-refractivity contribution is 5.90. The first-order valence-electron chi connectivity index (χ1n) is 7.93. The molecule has 0 radical (unpaired) electrons. The molecular weight excluding hydrogens is 280 g/mol. The molecule has 1 saturated heterocycles. The van der Waals surface area contributed by atoms with Gasteiger partial charge in [-0.15, -0.1) is 0 Å². The molecule has 1 aliphatic heterocycles. The van der Waals surface area contributed by atoms with E-state index in [4.69, 9.17) is 4.74 Å². The number of anilines is 1. The van der Waals surface area contributed by atoms with E-state index in [0.717, 1.165) is 24.3 Å². The number of β-amino-alcohol motifs (C(OH)–C–C–N with tert-alkyl or cyclic N) is 1. The molecule has 0 bridgehead atoms. The quantitative estimate of drug-likeness (QED) is 0.875. The van der Waals surface area contributed by atoms with Crippen LogP contribution in [0.2, 0.25) is 0 Å².